The number of amides is 3. The van der Waals surface area contributed by atoms with Crippen molar-refractivity contribution in [2.24, 2.45) is 0 Å². The second-order valence-electron chi connectivity index (χ2n) is 4.57. The predicted octanol–water partition coefficient (Wildman–Crippen LogP) is -0.140. The monoisotopic (exact) mass is 256 g/mol. The average Bonchev–Trinajstić information content (AvgIpc) is 2.39. The maximum absolute atomic E-state index is 11.9. The van der Waals surface area contributed by atoms with Crippen LogP contribution in [0.15, 0.2) is 0 Å². The minimum Gasteiger partial charge on any atom is -0.339 e. The first-order chi connectivity index (χ1) is 8.65. The first-order valence-corrected chi connectivity index (χ1v) is 6.62. The van der Waals surface area contributed by atoms with Crippen molar-refractivity contribution in [2.75, 3.05) is 46.3 Å². The number of hydrogen-bond acceptors (Lipinski definition) is 3. The number of carbonyl (C=O) groups is 2. The fraction of sp³-hybridized carbons (Fsp3) is 0.833. The third kappa shape index (κ3) is 4.91. The summed E-state index contributed by atoms with van der Waals surface area (Å²) in [6.07, 6.45) is 2.01. The minimum atomic E-state index is -0.174. The molecule has 1 rings (SSSR count). The van der Waals surface area contributed by atoms with Gasteiger partial charge in [-0.15, -0.1) is 0 Å². The van der Waals surface area contributed by atoms with Crippen LogP contribution in [-0.4, -0.2) is 68.1 Å². The summed E-state index contributed by atoms with van der Waals surface area (Å²) in [6.45, 7) is 6.01. The summed E-state index contributed by atoms with van der Waals surface area (Å²) in [6, 6.07) is -0.174. The van der Waals surface area contributed by atoms with E-state index in [4.69, 9.17) is 0 Å². The molecule has 0 aromatic carbocycles. The summed E-state index contributed by atoms with van der Waals surface area (Å²) in [4.78, 5) is 26.8. The van der Waals surface area contributed by atoms with Crippen LogP contribution in [0.1, 0.15) is 19.8 Å². The van der Waals surface area contributed by atoms with E-state index in [1.165, 1.54) is 4.90 Å². The Morgan fingerprint density at radius 2 is 2.00 bits per heavy atom. The van der Waals surface area contributed by atoms with Crippen molar-refractivity contribution in [3.05, 3.63) is 0 Å². The van der Waals surface area contributed by atoms with Gasteiger partial charge in [-0.1, -0.05) is 13.3 Å². The second kappa shape index (κ2) is 7.92. The van der Waals surface area contributed by atoms with Crippen molar-refractivity contribution in [1.82, 2.24) is 20.4 Å². The predicted molar refractivity (Wildman–Crippen MR) is 70.4 cm³/mol. The Bertz CT molecular complexity index is 277. The zero-order chi connectivity index (χ0) is 13.4. The number of piperazine rings is 1. The Kier molecular flexibility index (Phi) is 6.49. The lowest BCUT2D eigenvalue weighted by Gasteiger charge is -2.29. The molecule has 0 atom stereocenters. The maximum atomic E-state index is 11.9. The number of urea groups is 1. The van der Waals surface area contributed by atoms with Gasteiger partial charge in [0.05, 0.1) is 0 Å². The molecule has 1 aliphatic heterocycles. The number of carbonyl (C=O) groups excluding carboxylic acids is 2. The topological polar surface area (TPSA) is 64.7 Å². The highest BCUT2D eigenvalue weighted by atomic mass is 16.2. The summed E-state index contributed by atoms with van der Waals surface area (Å²) in [5.74, 6) is 0.0182. The molecule has 1 heterocycles. The molecule has 0 spiro atoms. The van der Waals surface area contributed by atoms with Gasteiger partial charge in [0.2, 0.25) is 5.91 Å². The summed E-state index contributed by atoms with van der Waals surface area (Å²) >= 11 is 0. The molecule has 18 heavy (non-hydrogen) atoms. The molecule has 1 fully saturated rings. The number of nitrogens with zero attached hydrogens (tertiary/aromatic N) is 2. The summed E-state index contributed by atoms with van der Waals surface area (Å²) in [5, 5.41) is 5.99. The number of rotatable bonds is 5. The maximum Gasteiger partial charge on any atom is 0.317 e. The van der Waals surface area contributed by atoms with E-state index in [0.717, 1.165) is 39.0 Å². The molecule has 0 saturated carbocycles. The zero-order valence-electron chi connectivity index (χ0n) is 11.4. The molecule has 104 valence electrons. The van der Waals surface area contributed by atoms with Crippen LogP contribution in [0.4, 0.5) is 4.79 Å². The van der Waals surface area contributed by atoms with Crippen LogP contribution in [0.3, 0.4) is 0 Å². The molecule has 3 amide bonds. The number of unbranched alkanes of at least 4 members (excludes halogenated alkanes) is 1. The third-order valence-corrected chi connectivity index (χ3v) is 3.00. The number of hydrogen-bond donors (Lipinski definition) is 2. The van der Waals surface area contributed by atoms with Gasteiger partial charge in [-0.3, -0.25) is 4.79 Å². The Labute approximate surface area is 109 Å². The highest BCUT2D eigenvalue weighted by Crippen LogP contribution is 1.96. The van der Waals surface area contributed by atoms with Gasteiger partial charge in [0.1, 0.15) is 6.54 Å². The second-order valence-corrected chi connectivity index (χ2v) is 4.57. The van der Waals surface area contributed by atoms with Gasteiger partial charge < -0.3 is 20.4 Å². The SMILES string of the molecule is CCCCNC(=O)N(C)CC(=O)N1CCNCC1. The standard InChI is InChI=1S/C12H24N4O2/c1-3-4-5-14-12(18)15(2)10-11(17)16-8-6-13-7-9-16/h13H,3-10H2,1-2H3,(H,14,18). The van der Waals surface area contributed by atoms with Crippen LogP contribution < -0.4 is 10.6 Å². The minimum absolute atomic E-state index is 0.0182. The normalized spacial score (nSPS) is 15.3. The summed E-state index contributed by atoms with van der Waals surface area (Å²) in [5.41, 5.74) is 0. The zero-order valence-corrected chi connectivity index (χ0v) is 11.4. The van der Waals surface area contributed by atoms with Gasteiger partial charge >= 0.3 is 6.03 Å². The molecule has 1 saturated heterocycles. The lowest BCUT2D eigenvalue weighted by Crippen LogP contribution is -2.50. The van der Waals surface area contributed by atoms with Crippen molar-refractivity contribution in [3.8, 4) is 0 Å². The number of nitrogens with one attached hydrogen (secondary N) is 2. The van der Waals surface area contributed by atoms with Gasteiger partial charge in [-0.2, -0.15) is 0 Å². The molecule has 0 radical (unpaired) electrons. The average molecular weight is 256 g/mol. The van der Waals surface area contributed by atoms with Crippen LogP contribution in [-0.2, 0) is 4.79 Å². The Hall–Kier alpha value is -1.30. The van der Waals surface area contributed by atoms with Gasteiger partial charge in [0.25, 0.3) is 0 Å². The van der Waals surface area contributed by atoms with Crippen LogP contribution in [0.5, 0.6) is 0 Å². The molecule has 6 heteroatoms. The van der Waals surface area contributed by atoms with E-state index in [0.29, 0.717) is 6.54 Å². The molecule has 0 aliphatic carbocycles. The quantitative estimate of drug-likeness (QED) is 0.673. The lowest BCUT2D eigenvalue weighted by atomic mass is 10.3. The Morgan fingerprint density at radius 3 is 2.61 bits per heavy atom. The van der Waals surface area contributed by atoms with E-state index in [2.05, 4.69) is 17.6 Å². The van der Waals surface area contributed by atoms with Gasteiger partial charge in [0.15, 0.2) is 0 Å². The van der Waals surface area contributed by atoms with Crippen molar-refractivity contribution in [2.45, 2.75) is 19.8 Å². The summed E-state index contributed by atoms with van der Waals surface area (Å²) in [7, 11) is 1.65. The summed E-state index contributed by atoms with van der Waals surface area (Å²) < 4.78 is 0. The smallest absolute Gasteiger partial charge is 0.317 e. The van der Waals surface area contributed by atoms with Crippen LogP contribution >= 0.6 is 0 Å². The molecule has 0 aromatic rings. The van der Waals surface area contributed by atoms with Crippen LogP contribution in [0.25, 0.3) is 0 Å². The van der Waals surface area contributed by atoms with Gasteiger partial charge in [-0.25, -0.2) is 4.79 Å². The van der Waals surface area contributed by atoms with Gasteiger partial charge in [0, 0.05) is 39.8 Å². The van der Waals surface area contributed by atoms with E-state index in [-0.39, 0.29) is 18.5 Å². The molecular weight excluding hydrogens is 232 g/mol. The molecule has 6 nitrogen and oxygen atoms in total. The van der Waals surface area contributed by atoms with Gasteiger partial charge in [-0.05, 0) is 6.42 Å². The molecule has 0 unspecified atom stereocenters. The Morgan fingerprint density at radius 1 is 1.33 bits per heavy atom. The van der Waals surface area contributed by atoms with E-state index in [1.807, 2.05) is 0 Å². The highest BCUT2D eigenvalue weighted by Gasteiger charge is 2.19. The highest BCUT2D eigenvalue weighted by molar-refractivity contribution is 5.84. The van der Waals surface area contributed by atoms with Crippen molar-refractivity contribution >= 4 is 11.9 Å². The van der Waals surface area contributed by atoms with Crippen molar-refractivity contribution < 1.29 is 9.59 Å². The Balaban J connectivity index is 2.27. The van der Waals surface area contributed by atoms with E-state index >= 15 is 0 Å². The van der Waals surface area contributed by atoms with Crippen LogP contribution in [0, 0.1) is 0 Å². The molecule has 1 aliphatic rings. The molecule has 0 aromatic heterocycles. The number of likely N-dealkylation sites (N-methyl/N-ethyl adjacent to an activating group) is 1. The van der Waals surface area contributed by atoms with E-state index in [9.17, 15) is 9.59 Å². The first-order valence-electron chi connectivity index (χ1n) is 6.62. The fourth-order valence-electron chi connectivity index (χ4n) is 1.80. The molecular formula is C12H24N4O2. The van der Waals surface area contributed by atoms with Crippen molar-refractivity contribution in [1.29, 1.82) is 0 Å². The molecule has 2 N–H and O–H groups in total. The lowest BCUT2D eigenvalue weighted by molar-refractivity contribution is -0.132. The third-order valence-electron chi connectivity index (χ3n) is 3.00. The molecule has 0 bridgehead atoms. The first kappa shape index (κ1) is 14.8. The largest absolute Gasteiger partial charge is 0.339 e. The van der Waals surface area contributed by atoms with E-state index in [1.54, 1.807) is 11.9 Å². The van der Waals surface area contributed by atoms with E-state index < -0.39 is 0 Å². The van der Waals surface area contributed by atoms with Crippen LogP contribution in [0.2, 0.25) is 0 Å². The fourth-order valence-corrected chi connectivity index (χ4v) is 1.80. The van der Waals surface area contributed by atoms with Crippen molar-refractivity contribution in [3.63, 3.8) is 0 Å².